The topological polar surface area (TPSA) is 60.4 Å². The first-order valence-electron chi connectivity index (χ1n) is 5.09. The standard InChI is InChI=1S/C10H18FNO3.Na/c1-3-12(7-10(14)15)9(13)6-4-5-8(2)11;/h8H,3-7H2,1-2H3,(H,14,15);/q;+1/p-1. The Morgan fingerprint density at radius 2 is 2.00 bits per heavy atom. The third-order valence-electron chi connectivity index (χ3n) is 2.05. The number of alkyl halides is 1. The fourth-order valence-electron chi connectivity index (χ4n) is 1.22. The molecule has 16 heavy (non-hydrogen) atoms. The molecule has 4 nitrogen and oxygen atoms in total. The molecule has 0 aromatic rings. The number of hydrogen-bond acceptors (Lipinski definition) is 3. The number of carbonyl (C=O) groups excluding carboxylic acids is 2. The number of carboxylic acid groups (broad SMARTS) is 1. The molecule has 0 aliphatic carbocycles. The monoisotopic (exact) mass is 241 g/mol. The molecule has 0 N–H and O–H groups in total. The Balaban J connectivity index is 0. The largest absolute Gasteiger partial charge is 1.00 e. The normalized spacial score (nSPS) is 11.4. The molecular formula is C10H17FNNaO3. The number of nitrogens with zero attached hydrogens (tertiary/aromatic N) is 1. The summed E-state index contributed by atoms with van der Waals surface area (Å²) in [5.41, 5.74) is 0. The Morgan fingerprint density at radius 3 is 2.38 bits per heavy atom. The maximum atomic E-state index is 12.4. The molecule has 0 rings (SSSR count). The first-order valence-corrected chi connectivity index (χ1v) is 5.09. The van der Waals surface area contributed by atoms with Gasteiger partial charge in [0.25, 0.3) is 0 Å². The maximum absolute atomic E-state index is 12.4. The van der Waals surface area contributed by atoms with Gasteiger partial charge in [-0.25, -0.2) is 4.39 Å². The van der Waals surface area contributed by atoms with Crippen LogP contribution < -0.4 is 34.7 Å². The van der Waals surface area contributed by atoms with E-state index >= 15 is 0 Å². The van der Waals surface area contributed by atoms with Gasteiger partial charge in [0.05, 0.1) is 18.7 Å². The molecule has 88 valence electrons. The van der Waals surface area contributed by atoms with Crippen molar-refractivity contribution in [3.8, 4) is 0 Å². The fourth-order valence-corrected chi connectivity index (χ4v) is 1.22. The van der Waals surface area contributed by atoms with Gasteiger partial charge in [-0.3, -0.25) is 4.79 Å². The van der Waals surface area contributed by atoms with E-state index < -0.39 is 12.1 Å². The van der Waals surface area contributed by atoms with Crippen LogP contribution in [0.5, 0.6) is 0 Å². The number of likely N-dealkylation sites (N-methyl/N-ethyl adjacent to an activating group) is 1. The molecule has 0 saturated carbocycles. The van der Waals surface area contributed by atoms with Crippen LogP contribution in [0.15, 0.2) is 0 Å². The van der Waals surface area contributed by atoms with Gasteiger partial charge >= 0.3 is 29.6 Å². The van der Waals surface area contributed by atoms with Crippen molar-refractivity contribution in [1.82, 2.24) is 4.90 Å². The first kappa shape index (κ1) is 18.2. The number of carboxylic acids is 1. The van der Waals surface area contributed by atoms with Crippen molar-refractivity contribution < 1.29 is 48.6 Å². The van der Waals surface area contributed by atoms with Gasteiger partial charge in [0.1, 0.15) is 0 Å². The van der Waals surface area contributed by atoms with Crippen molar-refractivity contribution >= 4 is 11.9 Å². The molecule has 0 bridgehead atoms. The molecule has 0 fully saturated rings. The van der Waals surface area contributed by atoms with E-state index in [0.29, 0.717) is 19.4 Å². The van der Waals surface area contributed by atoms with Crippen LogP contribution in [0.1, 0.15) is 33.1 Å². The summed E-state index contributed by atoms with van der Waals surface area (Å²) in [5, 5.41) is 10.3. The van der Waals surface area contributed by atoms with Crippen LogP contribution in [-0.4, -0.2) is 36.0 Å². The average molecular weight is 241 g/mol. The molecule has 0 aromatic carbocycles. The van der Waals surface area contributed by atoms with Gasteiger partial charge in [-0.2, -0.15) is 0 Å². The van der Waals surface area contributed by atoms with Crippen LogP contribution in [0.25, 0.3) is 0 Å². The molecule has 1 atom stereocenters. The Hall–Kier alpha value is -0.130. The zero-order valence-electron chi connectivity index (χ0n) is 10.2. The number of amides is 1. The molecule has 0 spiro atoms. The van der Waals surface area contributed by atoms with Crippen LogP contribution in [0.2, 0.25) is 0 Å². The van der Waals surface area contributed by atoms with E-state index in [-0.39, 0.29) is 48.4 Å². The molecule has 0 heterocycles. The second kappa shape index (κ2) is 10.1. The Bertz CT molecular complexity index is 224. The quantitative estimate of drug-likeness (QED) is 0.450. The van der Waals surface area contributed by atoms with Gasteiger partial charge in [0.15, 0.2) is 0 Å². The average Bonchev–Trinajstić information content (AvgIpc) is 2.13. The van der Waals surface area contributed by atoms with E-state index in [1.54, 1.807) is 6.92 Å². The third kappa shape index (κ3) is 9.12. The number of hydrogen-bond donors (Lipinski definition) is 0. The van der Waals surface area contributed by atoms with Gasteiger partial charge in [0, 0.05) is 13.0 Å². The summed E-state index contributed by atoms with van der Waals surface area (Å²) in [6.45, 7) is 3.07. The zero-order valence-corrected chi connectivity index (χ0v) is 12.2. The molecule has 0 radical (unpaired) electrons. The van der Waals surface area contributed by atoms with Crippen molar-refractivity contribution in [2.75, 3.05) is 13.1 Å². The predicted octanol–water partition coefficient (Wildman–Crippen LogP) is -2.88. The summed E-state index contributed by atoms with van der Waals surface area (Å²) in [4.78, 5) is 22.9. The molecule has 1 unspecified atom stereocenters. The van der Waals surface area contributed by atoms with Gasteiger partial charge in [-0.15, -0.1) is 0 Å². The van der Waals surface area contributed by atoms with E-state index in [1.807, 2.05) is 0 Å². The minimum Gasteiger partial charge on any atom is -0.548 e. The van der Waals surface area contributed by atoms with E-state index in [4.69, 9.17) is 0 Å². The Kier molecular flexibility index (Phi) is 11.5. The predicted molar refractivity (Wildman–Crippen MR) is 51.7 cm³/mol. The summed E-state index contributed by atoms with van der Waals surface area (Å²) >= 11 is 0. The van der Waals surface area contributed by atoms with Gasteiger partial charge < -0.3 is 14.8 Å². The van der Waals surface area contributed by atoms with Crippen molar-refractivity contribution in [3.05, 3.63) is 0 Å². The first-order chi connectivity index (χ1) is 6.97. The summed E-state index contributed by atoms with van der Waals surface area (Å²) in [6, 6.07) is 0. The molecule has 0 aromatic heterocycles. The van der Waals surface area contributed by atoms with E-state index in [0.717, 1.165) is 0 Å². The molecule has 0 saturated heterocycles. The van der Waals surface area contributed by atoms with Crippen LogP contribution >= 0.6 is 0 Å². The maximum Gasteiger partial charge on any atom is 1.00 e. The van der Waals surface area contributed by atoms with Crippen molar-refractivity contribution in [3.63, 3.8) is 0 Å². The van der Waals surface area contributed by atoms with Crippen LogP contribution in [-0.2, 0) is 9.59 Å². The van der Waals surface area contributed by atoms with Crippen molar-refractivity contribution in [2.24, 2.45) is 0 Å². The van der Waals surface area contributed by atoms with Crippen molar-refractivity contribution in [1.29, 1.82) is 0 Å². The minimum absolute atomic E-state index is 0. The SMILES string of the molecule is CCN(CC(=O)[O-])C(=O)CCCC(C)F.[Na+]. The van der Waals surface area contributed by atoms with Gasteiger partial charge in [-0.1, -0.05) is 0 Å². The van der Waals surface area contributed by atoms with E-state index in [1.165, 1.54) is 11.8 Å². The molecule has 0 aliphatic rings. The van der Waals surface area contributed by atoms with E-state index in [2.05, 4.69) is 0 Å². The van der Waals surface area contributed by atoms with Crippen LogP contribution in [0.3, 0.4) is 0 Å². The fraction of sp³-hybridized carbons (Fsp3) is 0.800. The summed E-state index contributed by atoms with van der Waals surface area (Å²) in [5.74, 6) is -1.54. The third-order valence-corrected chi connectivity index (χ3v) is 2.05. The molecular weight excluding hydrogens is 224 g/mol. The van der Waals surface area contributed by atoms with Crippen molar-refractivity contribution in [2.45, 2.75) is 39.3 Å². The summed E-state index contributed by atoms with van der Waals surface area (Å²) in [6.07, 6.45) is 0.0401. The summed E-state index contributed by atoms with van der Waals surface area (Å²) in [7, 11) is 0. The second-order valence-electron chi connectivity index (χ2n) is 3.45. The molecule has 6 heteroatoms. The number of carbonyl (C=O) groups is 2. The van der Waals surface area contributed by atoms with E-state index in [9.17, 15) is 19.1 Å². The number of rotatable bonds is 7. The number of halogens is 1. The molecule has 1 amide bonds. The van der Waals surface area contributed by atoms with Gasteiger partial charge in [-0.05, 0) is 26.7 Å². The van der Waals surface area contributed by atoms with Gasteiger partial charge in [0.2, 0.25) is 5.91 Å². The Morgan fingerprint density at radius 1 is 1.44 bits per heavy atom. The molecule has 0 aliphatic heterocycles. The summed E-state index contributed by atoms with van der Waals surface area (Å²) < 4.78 is 12.4. The number of aliphatic carboxylic acids is 1. The minimum atomic E-state index is -1.27. The second-order valence-corrected chi connectivity index (χ2v) is 3.45. The smallest absolute Gasteiger partial charge is 0.548 e. The van der Waals surface area contributed by atoms with Crippen LogP contribution in [0.4, 0.5) is 4.39 Å². The Labute approximate surface area is 117 Å². The van der Waals surface area contributed by atoms with Crippen LogP contribution in [0, 0.1) is 0 Å². The zero-order chi connectivity index (χ0) is 11.8.